The second kappa shape index (κ2) is 4.44. The summed E-state index contributed by atoms with van der Waals surface area (Å²) in [5, 5.41) is 4.66. The topological polar surface area (TPSA) is 93.7 Å². The van der Waals surface area contributed by atoms with Gasteiger partial charge in [-0.15, -0.1) is 0 Å². The number of rotatable bonds is 3. The highest BCUT2D eigenvalue weighted by Gasteiger charge is 2.02. The minimum atomic E-state index is 0.433. The van der Waals surface area contributed by atoms with Gasteiger partial charge in [0.15, 0.2) is 0 Å². The molecule has 0 saturated carbocycles. The first-order valence-electron chi connectivity index (χ1n) is 3.85. The van der Waals surface area contributed by atoms with Gasteiger partial charge in [0.25, 0.3) is 0 Å². The Bertz CT molecular complexity index is 296. The van der Waals surface area contributed by atoms with Gasteiger partial charge in [0.1, 0.15) is 6.34 Å². The van der Waals surface area contributed by atoms with Crippen LogP contribution in [0.3, 0.4) is 0 Å². The first-order valence-corrected chi connectivity index (χ1v) is 3.85. The lowest BCUT2D eigenvalue weighted by Crippen LogP contribution is -2.30. The minimum absolute atomic E-state index is 0.433. The molecule has 0 atom stereocenters. The maximum Gasteiger partial charge on any atom is 0.129 e. The van der Waals surface area contributed by atoms with Crippen molar-refractivity contribution in [1.82, 2.24) is 0 Å². The average molecular weight is 179 g/mol. The van der Waals surface area contributed by atoms with E-state index in [1.54, 1.807) is 0 Å². The molecule has 0 saturated heterocycles. The molecule has 6 N–H and O–H groups in total. The Morgan fingerprint density at radius 3 is 2.69 bits per heavy atom. The Kier molecular flexibility index (Phi) is 3.24. The Hall–Kier alpha value is -1.59. The quantitative estimate of drug-likeness (QED) is 0.257. The van der Waals surface area contributed by atoms with Gasteiger partial charge in [-0.05, 0) is 11.6 Å². The molecule has 0 unspecified atom stereocenters. The molecule has 0 heterocycles. The lowest BCUT2D eigenvalue weighted by atomic mass is 10.2. The van der Waals surface area contributed by atoms with Crippen LogP contribution in [0.25, 0.3) is 0 Å². The van der Waals surface area contributed by atoms with Crippen molar-refractivity contribution in [2.45, 2.75) is 6.54 Å². The summed E-state index contributed by atoms with van der Waals surface area (Å²) in [5.74, 6) is 10.6. The van der Waals surface area contributed by atoms with Crippen molar-refractivity contribution >= 4 is 12.0 Å². The van der Waals surface area contributed by atoms with Gasteiger partial charge in [0.05, 0.1) is 5.69 Å². The highest BCUT2D eigenvalue weighted by Crippen LogP contribution is 2.15. The fourth-order valence-corrected chi connectivity index (χ4v) is 1.07. The molecule has 5 heteroatoms. The van der Waals surface area contributed by atoms with Crippen molar-refractivity contribution in [3.8, 4) is 0 Å². The minimum Gasteiger partial charge on any atom is -0.326 e. The lowest BCUT2D eigenvalue weighted by molar-refractivity contribution is 1.03. The van der Waals surface area contributed by atoms with Crippen molar-refractivity contribution in [3.63, 3.8) is 0 Å². The summed E-state index contributed by atoms with van der Waals surface area (Å²) in [6.45, 7) is 0.433. The number of benzene rings is 1. The molecule has 0 aliphatic heterocycles. The fourth-order valence-electron chi connectivity index (χ4n) is 1.07. The number of hydrazine groups is 1. The fraction of sp³-hybridized carbons (Fsp3) is 0.125. The van der Waals surface area contributed by atoms with E-state index >= 15 is 0 Å². The summed E-state index contributed by atoms with van der Waals surface area (Å²) in [5.41, 5.74) is 7.28. The van der Waals surface area contributed by atoms with Gasteiger partial charge in [-0.1, -0.05) is 18.2 Å². The average Bonchev–Trinajstić information content (AvgIpc) is 2.18. The second-order valence-corrected chi connectivity index (χ2v) is 2.50. The largest absolute Gasteiger partial charge is 0.326 e. The molecular weight excluding hydrogens is 166 g/mol. The summed E-state index contributed by atoms with van der Waals surface area (Å²) in [4.78, 5) is 0. The number of hydrazone groups is 1. The van der Waals surface area contributed by atoms with Crippen LogP contribution in [0.1, 0.15) is 5.56 Å². The number of hydrogen-bond acceptors (Lipinski definition) is 4. The zero-order valence-corrected chi connectivity index (χ0v) is 7.22. The number of nitrogens with zero attached hydrogens (tertiary/aromatic N) is 2. The van der Waals surface area contributed by atoms with Crippen LogP contribution >= 0.6 is 0 Å². The van der Waals surface area contributed by atoms with Crippen LogP contribution in [-0.4, -0.2) is 6.34 Å². The standard InChI is InChI=1S/C8H13N5/c9-5-7-3-1-2-4-8(7)13(11)6-12-10/h1-4,6H,5,9-11H2/b12-6-. The summed E-state index contributed by atoms with van der Waals surface area (Å²) in [6, 6.07) is 7.53. The van der Waals surface area contributed by atoms with Crippen molar-refractivity contribution in [1.29, 1.82) is 0 Å². The van der Waals surface area contributed by atoms with E-state index in [-0.39, 0.29) is 0 Å². The summed E-state index contributed by atoms with van der Waals surface area (Å²) >= 11 is 0. The lowest BCUT2D eigenvalue weighted by Gasteiger charge is -2.15. The molecule has 0 spiro atoms. The molecule has 1 rings (SSSR count). The summed E-state index contributed by atoms with van der Waals surface area (Å²) in [6.07, 6.45) is 1.33. The van der Waals surface area contributed by atoms with E-state index < -0.39 is 0 Å². The van der Waals surface area contributed by atoms with Crippen molar-refractivity contribution in [3.05, 3.63) is 29.8 Å². The molecule has 0 aromatic heterocycles. The van der Waals surface area contributed by atoms with E-state index in [1.807, 2.05) is 24.3 Å². The molecule has 1 aromatic carbocycles. The zero-order valence-electron chi connectivity index (χ0n) is 7.22. The molecule has 0 aliphatic carbocycles. The first-order chi connectivity index (χ1) is 6.29. The van der Waals surface area contributed by atoms with E-state index in [4.69, 9.17) is 17.4 Å². The van der Waals surface area contributed by atoms with Gasteiger partial charge >= 0.3 is 0 Å². The van der Waals surface area contributed by atoms with Crippen LogP contribution in [0, 0.1) is 0 Å². The van der Waals surface area contributed by atoms with Gasteiger partial charge in [-0.25, -0.2) is 5.84 Å². The normalized spacial score (nSPS) is 10.6. The Balaban J connectivity index is 2.98. The highest BCUT2D eigenvalue weighted by molar-refractivity contribution is 5.78. The van der Waals surface area contributed by atoms with Gasteiger partial charge < -0.3 is 11.6 Å². The monoisotopic (exact) mass is 179 g/mol. The molecular formula is C8H13N5. The number of nitrogens with two attached hydrogens (primary N) is 3. The van der Waals surface area contributed by atoms with Gasteiger partial charge in [0, 0.05) is 6.54 Å². The van der Waals surface area contributed by atoms with Crippen molar-refractivity contribution < 1.29 is 0 Å². The predicted octanol–water partition coefficient (Wildman–Crippen LogP) is -0.273. The van der Waals surface area contributed by atoms with Gasteiger partial charge in [0.2, 0.25) is 0 Å². The smallest absolute Gasteiger partial charge is 0.129 e. The SMILES string of the molecule is NCc1ccccc1N(N)/C=N\N. The third kappa shape index (κ3) is 2.17. The van der Waals surface area contributed by atoms with E-state index in [0.29, 0.717) is 6.54 Å². The predicted molar refractivity (Wildman–Crippen MR) is 53.7 cm³/mol. The van der Waals surface area contributed by atoms with E-state index in [9.17, 15) is 0 Å². The van der Waals surface area contributed by atoms with Crippen molar-refractivity contribution in [2.24, 2.45) is 22.5 Å². The zero-order chi connectivity index (χ0) is 9.68. The van der Waals surface area contributed by atoms with Gasteiger partial charge in [-0.3, -0.25) is 5.01 Å². The molecule has 0 bridgehead atoms. The highest BCUT2D eigenvalue weighted by atomic mass is 15.4. The Morgan fingerprint density at radius 2 is 2.08 bits per heavy atom. The number of hydrogen-bond donors (Lipinski definition) is 3. The molecule has 0 amide bonds. The van der Waals surface area contributed by atoms with Crippen LogP contribution in [0.2, 0.25) is 0 Å². The molecule has 1 aromatic rings. The molecule has 0 fully saturated rings. The van der Waals surface area contributed by atoms with Crippen LogP contribution in [-0.2, 0) is 6.54 Å². The van der Waals surface area contributed by atoms with Crippen LogP contribution < -0.4 is 22.4 Å². The van der Waals surface area contributed by atoms with Crippen LogP contribution in [0.5, 0.6) is 0 Å². The molecule has 70 valence electrons. The molecule has 0 aliphatic rings. The van der Waals surface area contributed by atoms with E-state index in [2.05, 4.69) is 5.10 Å². The Labute approximate surface area is 76.8 Å². The second-order valence-electron chi connectivity index (χ2n) is 2.50. The molecule has 5 nitrogen and oxygen atoms in total. The van der Waals surface area contributed by atoms with Gasteiger partial charge in [-0.2, -0.15) is 5.10 Å². The molecule has 13 heavy (non-hydrogen) atoms. The molecule has 0 radical (unpaired) electrons. The number of anilines is 1. The van der Waals surface area contributed by atoms with Crippen molar-refractivity contribution in [2.75, 3.05) is 5.01 Å². The third-order valence-corrected chi connectivity index (χ3v) is 1.68. The summed E-state index contributed by atoms with van der Waals surface area (Å²) in [7, 11) is 0. The van der Waals surface area contributed by atoms with E-state index in [0.717, 1.165) is 11.3 Å². The van der Waals surface area contributed by atoms with Crippen LogP contribution in [0.15, 0.2) is 29.4 Å². The maximum atomic E-state index is 5.63. The first kappa shape index (κ1) is 9.50. The Morgan fingerprint density at radius 1 is 1.38 bits per heavy atom. The van der Waals surface area contributed by atoms with Crippen LogP contribution in [0.4, 0.5) is 5.69 Å². The third-order valence-electron chi connectivity index (χ3n) is 1.68. The maximum absolute atomic E-state index is 5.63. The number of para-hydroxylation sites is 1. The summed E-state index contributed by atoms with van der Waals surface area (Å²) < 4.78 is 0. The van der Waals surface area contributed by atoms with E-state index in [1.165, 1.54) is 11.3 Å².